The zero-order valence-electron chi connectivity index (χ0n) is 19.2. The molecule has 0 amide bonds. The van der Waals surface area contributed by atoms with Crippen LogP contribution in [0.5, 0.6) is 0 Å². The molecule has 2 aromatic heterocycles. The van der Waals surface area contributed by atoms with Gasteiger partial charge in [0.05, 0.1) is 26.8 Å². The fourth-order valence-electron chi connectivity index (χ4n) is 4.82. The van der Waals surface area contributed by atoms with Crippen LogP contribution in [0.2, 0.25) is 5.02 Å². The second-order valence-corrected chi connectivity index (χ2v) is 9.18. The Bertz CT molecular complexity index is 1610. The molecule has 1 N–H and O–H groups in total. The van der Waals surface area contributed by atoms with E-state index in [1.807, 2.05) is 12.1 Å². The lowest BCUT2D eigenvalue weighted by molar-refractivity contribution is -0.113. The number of benzene rings is 2. The molecule has 2 aromatic carbocycles. The van der Waals surface area contributed by atoms with E-state index in [-0.39, 0.29) is 33.9 Å². The molecule has 1 aliphatic carbocycles. The summed E-state index contributed by atoms with van der Waals surface area (Å²) >= 11 is 6.33. The number of aromatic nitrogens is 3. The van der Waals surface area contributed by atoms with Gasteiger partial charge < -0.3 is 0 Å². The summed E-state index contributed by atoms with van der Waals surface area (Å²) < 4.78 is 31.5. The molecule has 5 rings (SSSR count). The third kappa shape index (κ3) is 4.54. The van der Waals surface area contributed by atoms with Crippen molar-refractivity contribution < 1.29 is 13.6 Å². The Kier molecular flexibility index (Phi) is 6.65. The lowest BCUT2D eigenvalue weighted by atomic mass is 9.84. The molecular weight excluding hydrogens is 484 g/mol. The molecule has 1 atom stereocenters. The van der Waals surface area contributed by atoms with E-state index in [2.05, 4.69) is 10.1 Å². The van der Waals surface area contributed by atoms with E-state index in [0.29, 0.717) is 30.0 Å². The van der Waals surface area contributed by atoms with Gasteiger partial charge in [-0.15, -0.1) is 0 Å². The lowest BCUT2D eigenvalue weighted by Crippen LogP contribution is -2.38. The molecule has 5 nitrogen and oxygen atoms in total. The summed E-state index contributed by atoms with van der Waals surface area (Å²) in [4.78, 5) is 30.8. The number of aromatic amines is 1. The largest absolute Gasteiger partial charge is 0.295 e. The minimum absolute atomic E-state index is 0.0319. The molecule has 0 bridgehead atoms. The minimum atomic E-state index is -0.785. The summed E-state index contributed by atoms with van der Waals surface area (Å²) in [6, 6.07) is 14.1. The van der Waals surface area contributed by atoms with Crippen molar-refractivity contribution in [2.45, 2.75) is 25.7 Å². The number of fused-ring (bicyclic) bond motifs is 1. The number of nitrogens with zero attached hydrogens (tertiary/aromatic N) is 2. The van der Waals surface area contributed by atoms with Crippen molar-refractivity contribution in [3.05, 3.63) is 116 Å². The monoisotopic (exact) mass is 505 g/mol. The zero-order valence-corrected chi connectivity index (χ0v) is 19.9. The van der Waals surface area contributed by atoms with E-state index in [1.54, 1.807) is 36.7 Å². The highest BCUT2D eigenvalue weighted by molar-refractivity contribution is 6.32. The number of Topliss-reactive ketones (excluding diaryl/α,β-unsaturated/α-hetero) is 1. The smallest absolute Gasteiger partial charge is 0.279 e. The van der Waals surface area contributed by atoms with Crippen molar-refractivity contribution in [1.82, 2.24) is 14.8 Å². The first-order chi connectivity index (χ1) is 17.4. The van der Waals surface area contributed by atoms with Crippen LogP contribution >= 0.6 is 11.6 Å². The van der Waals surface area contributed by atoms with Crippen molar-refractivity contribution in [3.8, 4) is 5.69 Å². The van der Waals surface area contributed by atoms with Gasteiger partial charge in [-0.05, 0) is 66.6 Å². The maximum Gasteiger partial charge on any atom is 0.279 e. The fourth-order valence-corrected chi connectivity index (χ4v) is 5.04. The molecule has 0 spiro atoms. The molecule has 0 aliphatic heterocycles. The first kappa shape index (κ1) is 23.9. The van der Waals surface area contributed by atoms with Gasteiger partial charge in [-0.3, -0.25) is 19.7 Å². The van der Waals surface area contributed by atoms with E-state index in [4.69, 9.17) is 11.6 Å². The van der Waals surface area contributed by atoms with Crippen LogP contribution in [0.1, 0.15) is 30.4 Å². The molecular formula is C28H22ClF2N3O2. The normalized spacial score (nSPS) is 15.4. The third-order valence-electron chi connectivity index (χ3n) is 6.42. The molecule has 1 aliphatic rings. The number of H-pyrrole nitrogens is 1. The van der Waals surface area contributed by atoms with Crippen LogP contribution < -0.4 is 16.1 Å². The highest BCUT2D eigenvalue weighted by Gasteiger charge is 2.29. The SMILES string of the molecule is O=C1C=c2[nH]n(-c3ccccc3Cl)c(=O)c2=C(c2c(F)cccc2F)C(CCCc2cccnc2)C1. The summed E-state index contributed by atoms with van der Waals surface area (Å²) in [5.74, 6) is -2.37. The lowest BCUT2D eigenvalue weighted by Gasteiger charge is -2.20. The molecule has 0 saturated carbocycles. The van der Waals surface area contributed by atoms with Crippen LogP contribution in [0.3, 0.4) is 0 Å². The highest BCUT2D eigenvalue weighted by atomic mass is 35.5. The number of carbonyl (C=O) groups excluding carboxylic acids is 1. The number of rotatable bonds is 6. The number of ketones is 1. The second-order valence-electron chi connectivity index (χ2n) is 8.77. The maximum atomic E-state index is 15.1. The van der Waals surface area contributed by atoms with Gasteiger partial charge in [-0.1, -0.05) is 35.9 Å². The van der Waals surface area contributed by atoms with Crippen LogP contribution in [0, 0.1) is 17.6 Å². The number of hydrogen-bond acceptors (Lipinski definition) is 3. The van der Waals surface area contributed by atoms with Gasteiger partial charge in [0.15, 0.2) is 5.78 Å². The summed E-state index contributed by atoms with van der Waals surface area (Å²) in [5.41, 5.74) is 0.779. The van der Waals surface area contributed by atoms with Crippen molar-refractivity contribution in [3.63, 3.8) is 0 Å². The van der Waals surface area contributed by atoms with Gasteiger partial charge in [0.2, 0.25) is 0 Å². The molecule has 0 fully saturated rings. The first-order valence-corrected chi connectivity index (χ1v) is 12.0. The second kappa shape index (κ2) is 10.0. The summed E-state index contributed by atoms with van der Waals surface area (Å²) in [7, 11) is 0. The Labute approximate surface area is 210 Å². The molecule has 1 unspecified atom stereocenters. The van der Waals surface area contributed by atoms with Crippen molar-refractivity contribution >= 4 is 29.0 Å². The van der Waals surface area contributed by atoms with Crippen molar-refractivity contribution in [2.75, 3.05) is 0 Å². The Balaban J connectivity index is 1.73. The predicted molar refractivity (Wildman–Crippen MR) is 134 cm³/mol. The van der Waals surface area contributed by atoms with Crippen LogP contribution in [0.4, 0.5) is 8.78 Å². The summed E-state index contributed by atoms with van der Waals surface area (Å²) in [5, 5.41) is 3.54. The maximum absolute atomic E-state index is 15.1. The number of aryl methyl sites for hydroxylation is 1. The third-order valence-corrected chi connectivity index (χ3v) is 6.73. The van der Waals surface area contributed by atoms with E-state index in [1.165, 1.54) is 16.8 Å². The predicted octanol–water partition coefficient (Wildman–Crippen LogP) is 4.08. The highest BCUT2D eigenvalue weighted by Crippen LogP contribution is 2.32. The van der Waals surface area contributed by atoms with E-state index < -0.39 is 23.1 Å². The Morgan fingerprint density at radius 1 is 1.03 bits per heavy atom. The average molecular weight is 506 g/mol. The number of hydrogen-bond donors (Lipinski definition) is 1. The van der Waals surface area contributed by atoms with Crippen molar-refractivity contribution in [1.29, 1.82) is 0 Å². The van der Waals surface area contributed by atoms with Crippen molar-refractivity contribution in [2.24, 2.45) is 5.92 Å². The van der Waals surface area contributed by atoms with E-state index in [9.17, 15) is 9.59 Å². The zero-order chi connectivity index (χ0) is 25.2. The number of pyridine rings is 1. The van der Waals surface area contributed by atoms with Gasteiger partial charge in [-0.2, -0.15) is 0 Å². The fraction of sp³-hybridized carbons (Fsp3) is 0.179. The number of para-hydroxylation sites is 1. The van der Waals surface area contributed by atoms with Gasteiger partial charge in [0.25, 0.3) is 5.56 Å². The van der Waals surface area contributed by atoms with Gasteiger partial charge >= 0.3 is 0 Å². The minimum Gasteiger partial charge on any atom is -0.295 e. The quantitative estimate of drug-likeness (QED) is 0.429. The molecule has 0 saturated heterocycles. The molecule has 8 heteroatoms. The van der Waals surface area contributed by atoms with Crippen LogP contribution in [0.25, 0.3) is 17.3 Å². The summed E-state index contributed by atoms with van der Waals surface area (Å²) in [6.07, 6.45) is 6.59. The standard InChI is InChI=1S/C28H22ClF2N3O2/c29-20-9-1-2-12-24(20)34-28(36)27-23(33-34)15-19(35)14-18(8-3-6-17-7-5-13-32-16-17)25(27)26-21(30)10-4-11-22(26)31/h1-2,4-5,7,9-13,15-16,18,33H,3,6,8,14H2. The van der Waals surface area contributed by atoms with Gasteiger partial charge in [0.1, 0.15) is 11.6 Å². The number of carbonyl (C=O) groups is 1. The van der Waals surface area contributed by atoms with Crippen LogP contribution in [-0.2, 0) is 11.2 Å². The Morgan fingerprint density at radius 3 is 2.53 bits per heavy atom. The Hall–Kier alpha value is -3.84. The Morgan fingerprint density at radius 2 is 1.81 bits per heavy atom. The first-order valence-electron chi connectivity index (χ1n) is 11.6. The molecule has 2 heterocycles. The average Bonchev–Trinajstić information content (AvgIpc) is 3.09. The van der Waals surface area contributed by atoms with E-state index in [0.717, 1.165) is 17.7 Å². The van der Waals surface area contributed by atoms with Gasteiger partial charge in [-0.25, -0.2) is 13.5 Å². The van der Waals surface area contributed by atoms with Gasteiger partial charge in [0, 0.05) is 24.9 Å². The van der Waals surface area contributed by atoms with Crippen LogP contribution in [-0.4, -0.2) is 20.5 Å². The topological polar surface area (TPSA) is 67.8 Å². The van der Waals surface area contributed by atoms with E-state index >= 15 is 8.78 Å². The number of nitrogens with one attached hydrogen (secondary N) is 1. The molecule has 4 aromatic rings. The number of halogens is 3. The molecule has 0 radical (unpaired) electrons. The molecule has 182 valence electrons. The van der Waals surface area contributed by atoms with Crippen LogP contribution in [0.15, 0.2) is 71.8 Å². The summed E-state index contributed by atoms with van der Waals surface area (Å²) in [6.45, 7) is 0. The molecule has 36 heavy (non-hydrogen) atoms.